The van der Waals surface area contributed by atoms with E-state index < -0.39 is 23.3 Å². The Bertz CT molecular complexity index is 881. The summed E-state index contributed by atoms with van der Waals surface area (Å²) in [6.07, 6.45) is 2.06. The van der Waals surface area contributed by atoms with Crippen molar-refractivity contribution in [3.63, 3.8) is 0 Å². The predicted octanol–water partition coefficient (Wildman–Crippen LogP) is 5.75. The zero-order valence-electron chi connectivity index (χ0n) is 17.0. The van der Waals surface area contributed by atoms with Crippen molar-refractivity contribution in [1.29, 1.82) is 5.26 Å². The number of nitriles is 1. The molecule has 28 heavy (non-hydrogen) atoms. The highest BCUT2D eigenvalue weighted by Crippen LogP contribution is 2.42. The average molecular weight is 405 g/mol. The lowest BCUT2D eigenvalue weighted by atomic mass is 9.80. The summed E-state index contributed by atoms with van der Waals surface area (Å²) in [6.45, 7) is 9.41. The minimum absolute atomic E-state index is 0.170. The summed E-state index contributed by atoms with van der Waals surface area (Å²) in [6, 6.07) is 6.20. The summed E-state index contributed by atoms with van der Waals surface area (Å²) >= 11 is 6.32. The molecule has 0 radical (unpaired) electrons. The van der Waals surface area contributed by atoms with Crippen LogP contribution in [0.5, 0.6) is 0 Å². The van der Waals surface area contributed by atoms with Crippen molar-refractivity contribution in [2.75, 3.05) is 0 Å². The van der Waals surface area contributed by atoms with E-state index in [0.717, 1.165) is 6.42 Å². The van der Waals surface area contributed by atoms with Crippen molar-refractivity contribution >= 4 is 17.6 Å². The Morgan fingerprint density at radius 3 is 2.61 bits per heavy atom. The van der Waals surface area contributed by atoms with Gasteiger partial charge in [-0.2, -0.15) is 5.26 Å². The number of nitrogens with zero attached hydrogens (tertiary/aromatic N) is 1. The number of carbonyl (C=O) groups is 1. The van der Waals surface area contributed by atoms with Crippen molar-refractivity contribution in [3.8, 4) is 6.07 Å². The largest absolute Gasteiger partial charge is 0.456 e. The molecule has 1 aromatic carbocycles. The van der Waals surface area contributed by atoms with E-state index in [0.29, 0.717) is 40.9 Å². The van der Waals surface area contributed by atoms with Crippen LogP contribution in [0.25, 0.3) is 0 Å². The summed E-state index contributed by atoms with van der Waals surface area (Å²) in [5, 5.41) is 13.2. The fourth-order valence-electron chi connectivity index (χ4n) is 3.16. The van der Waals surface area contributed by atoms with Gasteiger partial charge < -0.3 is 10.1 Å². The van der Waals surface area contributed by atoms with Crippen molar-refractivity contribution < 1.29 is 13.9 Å². The second-order valence-electron chi connectivity index (χ2n) is 7.52. The standard InChI is InChI=1S/C22H26ClFN2O2/c1-6-8-18-20(21(27)28-22(4,5)7-2)19(16(12-25)13(3)26-18)15-10-9-14(24)11-17(15)23/h9-11,19,26H,6-8H2,1-5H3. The van der Waals surface area contributed by atoms with Crippen molar-refractivity contribution in [1.82, 2.24) is 5.32 Å². The summed E-state index contributed by atoms with van der Waals surface area (Å²) in [5.41, 5.74) is 1.95. The van der Waals surface area contributed by atoms with Crippen LogP contribution in [0, 0.1) is 17.1 Å². The van der Waals surface area contributed by atoms with Gasteiger partial charge >= 0.3 is 5.97 Å². The number of allylic oxidation sites excluding steroid dienone is 3. The van der Waals surface area contributed by atoms with Crippen LogP contribution in [0.2, 0.25) is 5.02 Å². The molecule has 0 saturated carbocycles. The number of rotatable bonds is 6. The molecule has 1 heterocycles. The van der Waals surface area contributed by atoms with Gasteiger partial charge in [0.25, 0.3) is 0 Å². The van der Waals surface area contributed by atoms with Crippen molar-refractivity contribution in [3.05, 3.63) is 57.1 Å². The van der Waals surface area contributed by atoms with E-state index in [9.17, 15) is 14.4 Å². The van der Waals surface area contributed by atoms with Gasteiger partial charge in [0.15, 0.2) is 0 Å². The lowest BCUT2D eigenvalue weighted by Gasteiger charge is -2.32. The second-order valence-corrected chi connectivity index (χ2v) is 7.93. The Morgan fingerprint density at radius 2 is 2.07 bits per heavy atom. The van der Waals surface area contributed by atoms with Crippen molar-refractivity contribution in [2.24, 2.45) is 0 Å². The highest BCUT2D eigenvalue weighted by Gasteiger charge is 2.38. The molecule has 1 unspecified atom stereocenters. The smallest absolute Gasteiger partial charge is 0.337 e. The molecule has 1 aliphatic rings. The molecule has 6 heteroatoms. The molecule has 2 rings (SSSR count). The number of dihydropyridines is 1. The summed E-state index contributed by atoms with van der Waals surface area (Å²) < 4.78 is 19.4. The van der Waals surface area contributed by atoms with Gasteiger partial charge in [0.05, 0.1) is 23.1 Å². The third-order valence-corrected chi connectivity index (χ3v) is 5.31. The van der Waals surface area contributed by atoms with Gasteiger partial charge in [-0.3, -0.25) is 0 Å². The monoisotopic (exact) mass is 404 g/mol. The quantitative estimate of drug-likeness (QED) is 0.613. The van der Waals surface area contributed by atoms with Gasteiger partial charge in [0, 0.05) is 16.4 Å². The Balaban J connectivity index is 2.69. The molecule has 1 atom stereocenters. The van der Waals surface area contributed by atoms with Gasteiger partial charge in [-0.25, -0.2) is 9.18 Å². The summed E-state index contributed by atoms with van der Waals surface area (Å²) in [7, 11) is 0. The van der Waals surface area contributed by atoms with Crippen LogP contribution < -0.4 is 5.32 Å². The second kappa shape index (κ2) is 8.79. The van der Waals surface area contributed by atoms with Crippen LogP contribution in [0.4, 0.5) is 4.39 Å². The first kappa shape index (κ1) is 22.0. The molecule has 0 aromatic heterocycles. The first-order chi connectivity index (χ1) is 13.1. The van der Waals surface area contributed by atoms with Crippen LogP contribution in [0.1, 0.15) is 65.4 Å². The minimum Gasteiger partial charge on any atom is -0.456 e. The zero-order valence-corrected chi connectivity index (χ0v) is 17.7. The molecule has 0 saturated heterocycles. The molecular formula is C22H26ClFN2O2. The number of nitrogens with one attached hydrogen (secondary N) is 1. The highest BCUT2D eigenvalue weighted by atomic mass is 35.5. The van der Waals surface area contributed by atoms with E-state index in [-0.39, 0.29) is 5.02 Å². The number of hydrogen-bond acceptors (Lipinski definition) is 4. The van der Waals surface area contributed by atoms with Crippen LogP contribution >= 0.6 is 11.6 Å². The number of benzene rings is 1. The number of esters is 1. The zero-order chi connectivity index (χ0) is 21.1. The van der Waals surface area contributed by atoms with Crippen molar-refractivity contribution in [2.45, 2.75) is 65.4 Å². The predicted molar refractivity (Wildman–Crippen MR) is 108 cm³/mol. The van der Waals surface area contributed by atoms with E-state index in [4.69, 9.17) is 16.3 Å². The van der Waals surface area contributed by atoms with Gasteiger partial charge in [-0.05, 0) is 51.3 Å². The lowest BCUT2D eigenvalue weighted by Crippen LogP contribution is -2.34. The lowest BCUT2D eigenvalue weighted by molar-refractivity contribution is -0.152. The fraction of sp³-hybridized carbons (Fsp3) is 0.455. The molecule has 1 N–H and O–H groups in total. The van der Waals surface area contributed by atoms with Gasteiger partial charge in [0.1, 0.15) is 11.4 Å². The SMILES string of the molecule is CCCC1=C(C(=O)OC(C)(C)CC)C(c2ccc(F)cc2Cl)C(C#N)=C(C)N1. The van der Waals surface area contributed by atoms with Gasteiger partial charge in [-0.15, -0.1) is 0 Å². The Hall–Kier alpha value is -2.32. The van der Waals surface area contributed by atoms with E-state index in [1.54, 1.807) is 6.92 Å². The average Bonchev–Trinajstić information content (AvgIpc) is 2.61. The van der Waals surface area contributed by atoms with E-state index in [1.165, 1.54) is 18.2 Å². The first-order valence-corrected chi connectivity index (χ1v) is 9.82. The van der Waals surface area contributed by atoms with E-state index in [1.807, 2.05) is 27.7 Å². The molecule has 0 spiro atoms. The third kappa shape index (κ3) is 4.56. The molecule has 0 bridgehead atoms. The molecule has 4 nitrogen and oxygen atoms in total. The summed E-state index contributed by atoms with van der Waals surface area (Å²) in [4.78, 5) is 13.2. The molecular weight excluding hydrogens is 379 g/mol. The topological polar surface area (TPSA) is 62.1 Å². The molecule has 0 aliphatic carbocycles. The Labute approximate surface area is 171 Å². The molecule has 1 aliphatic heterocycles. The number of halogens is 2. The summed E-state index contributed by atoms with van der Waals surface area (Å²) in [5.74, 6) is -1.68. The maximum Gasteiger partial charge on any atom is 0.337 e. The normalized spacial score (nSPS) is 17.3. The maximum absolute atomic E-state index is 13.6. The Kier molecular flexibility index (Phi) is 6.90. The first-order valence-electron chi connectivity index (χ1n) is 9.44. The molecule has 1 aromatic rings. The van der Waals surface area contributed by atoms with Gasteiger partial charge in [0.2, 0.25) is 0 Å². The molecule has 150 valence electrons. The number of carbonyl (C=O) groups excluding carboxylic acids is 1. The van der Waals surface area contributed by atoms with Crippen LogP contribution in [0.15, 0.2) is 40.7 Å². The highest BCUT2D eigenvalue weighted by molar-refractivity contribution is 6.31. The fourth-order valence-corrected chi connectivity index (χ4v) is 3.43. The maximum atomic E-state index is 13.6. The minimum atomic E-state index is -0.707. The molecule has 0 amide bonds. The number of ether oxygens (including phenoxy) is 1. The number of hydrogen-bond donors (Lipinski definition) is 1. The van der Waals surface area contributed by atoms with Crippen LogP contribution in [-0.4, -0.2) is 11.6 Å². The van der Waals surface area contributed by atoms with Crippen LogP contribution in [-0.2, 0) is 9.53 Å². The van der Waals surface area contributed by atoms with E-state index >= 15 is 0 Å². The van der Waals surface area contributed by atoms with Crippen LogP contribution in [0.3, 0.4) is 0 Å². The third-order valence-electron chi connectivity index (χ3n) is 4.98. The van der Waals surface area contributed by atoms with Gasteiger partial charge in [-0.1, -0.05) is 37.9 Å². The Morgan fingerprint density at radius 1 is 1.39 bits per heavy atom. The molecule has 0 fully saturated rings. The van der Waals surface area contributed by atoms with E-state index in [2.05, 4.69) is 11.4 Å².